The van der Waals surface area contributed by atoms with Gasteiger partial charge in [-0.2, -0.15) is 0 Å². The van der Waals surface area contributed by atoms with Crippen molar-refractivity contribution in [3.63, 3.8) is 0 Å². The fourth-order valence-corrected chi connectivity index (χ4v) is 0.990. The van der Waals surface area contributed by atoms with E-state index in [0.29, 0.717) is 12.3 Å². The lowest BCUT2D eigenvalue weighted by molar-refractivity contribution is 0.161. The first kappa shape index (κ1) is 10.5. The molecule has 1 aromatic carbocycles. The van der Waals surface area contributed by atoms with E-state index in [1.165, 1.54) is 29.2 Å². The van der Waals surface area contributed by atoms with Gasteiger partial charge in [-0.25, -0.2) is 9.18 Å². The third-order valence-electron chi connectivity index (χ3n) is 1.76. The molecule has 4 heteroatoms. The largest absolute Gasteiger partial charge is 0.449 e. The highest BCUT2D eigenvalue weighted by molar-refractivity contribution is 5.86. The number of halogens is 1. The molecule has 0 aliphatic rings. The molecule has 3 nitrogen and oxygen atoms in total. The van der Waals surface area contributed by atoms with Gasteiger partial charge in [-0.05, 0) is 31.2 Å². The summed E-state index contributed by atoms with van der Waals surface area (Å²) < 4.78 is 17.3. The number of carbonyl (C=O) groups is 1. The molecule has 0 unspecified atom stereocenters. The summed E-state index contributed by atoms with van der Waals surface area (Å²) in [5.41, 5.74) is 0.602. The van der Waals surface area contributed by atoms with Crippen LogP contribution < -0.4 is 4.90 Å². The van der Waals surface area contributed by atoms with E-state index in [4.69, 9.17) is 4.74 Å². The molecule has 14 heavy (non-hydrogen) atoms. The Morgan fingerprint density at radius 1 is 1.43 bits per heavy atom. The Balaban J connectivity index is 2.73. The molecular weight excluding hydrogens is 185 g/mol. The summed E-state index contributed by atoms with van der Waals surface area (Å²) in [4.78, 5) is 12.6. The second kappa shape index (κ2) is 4.60. The van der Waals surface area contributed by atoms with Gasteiger partial charge in [0.25, 0.3) is 0 Å². The number of amides is 1. The van der Waals surface area contributed by atoms with Gasteiger partial charge in [-0.3, -0.25) is 4.90 Å². The van der Waals surface area contributed by atoms with Crippen LogP contribution in [-0.2, 0) is 4.74 Å². The fraction of sp³-hybridized carbons (Fsp3) is 0.300. The van der Waals surface area contributed by atoms with Crippen molar-refractivity contribution in [2.24, 2.45) is 0 Å². The topological polar surface area (TPSA) is 29.5 Å². The van der Waals surface area contributed by atoms with Crippen molar-refractivity contribution >= 4 is 11.8 Å². The minimum Gasteiger partial charge on any atom is -0.449 e. The molecule has 76 valence electrons. The first-order chi connectivity index (χ1) is 6.65. The zero-order valence-corrected chi connectivity index (χ0v) is 8.16. The molecule has 1 aromatic rings. The van der Waals surface area contributed by atoms with E-state index in [1.807, 2.05) is 0 Å². The van der Waals surface area contributed by atoms with E-state index in [9.17, 15) is 9.18 Å². The van der Waals surface area contributed by atoms with Gasteiger partial charge in [0.05, 0.1) is 6.61 Å². The molecule has 1 rings (SSSR count). The molecular formula is C10H12FNO2. The zero-order chi connectivity index (χ0) is 10.6. The van der Waals surface area contributed by atoms with Gasteiger partial charge in [0.2, 0.25) is 0 Å². The summed E-state index contributed by atoms with van der Waals surface area (Å²) >= 11 is 0. The monoisotopic (exact) mass is 197 g/mol. The Morgan fingerprint density at radius 2 is 2.00 bits per heavy atom. The standard InChI is InChI=1S/C10H12FNO2/c1-3-14-10(13)12(2)9-6-4-8(11)5-7-9/h4-7H,3H2,1-2H3. The van der Waals surface area contributed by atoms with Crippen molar-refractivity contribution in [2.45, 2.75) is 6.92 Å². The molecule has 0 bridgehead atoms. The summed E-state index contributed by atoms with van der Waals surface area (Å²) in [6, 6.07) is 5.63. The molecule has 0 aromatic heterocycles. The zero-order valence-electron chi connectivity index (χ0n) is 8.16. The van der Waals surface area contributed by atoms with Gasteiger partial charge in [-0.15, -0.1) is 0 Å². The van der Waals surface area contributed by atoms with Crippen molar-refractivity contribution in [1.29, 1.82) is 0 Å². The maximum absolute atomic E-state index is 12.6. The third kappa shape index (κ3) is 2.45. The van der Waals surface area contributed by atoms with Crippen LogP contribution in [0.4, 0.5) is 14.9 Å². The number of hydrogen-bond acceptors (Lipinski definition) is 2. The predicted octanol–water partition coefficient (Wildman–Crippen LogP) is 2.42. The first-order valence-corrected chi connectivity index (χ1v) is 4.31. The fourth-order valence-electron chi connectivity index (χ4n) is 0.990. The van der Waals surface area contributed by atoms with Crippen LogP contribution in [0.5, 0.6) is 0 Å². The van der Waals surface area contributed by atoms with Crippen LogP contribution in [0.25, 0.3) is 0 Å². The maximum atomic E-state index is 12.6. The number of rotatable bonds is 2. The van der Waals surface area contributed by atoms with Crippen molar-refractivity contribution in [3.8, 4) is 0 Å². The van der Waals surface area contributed by atoms with Gasteiger partial charge in [-0.1, -0.05) is 0 Å². The lowest BCUT2D eigenvalue weighted by Gasteiger charge is -2.16. The number of hydrogen-bond donors (Lipinski definition) is 0. The van der Waals surface area contributed by atoms with Crippen LogP contribution >= 0.6 is 0 Å². The number of ether oxygens (including phenoxy) is 1. The molecule has 0 spiro atoms. The molecule has 0 heterocycles. The van der Waals surface area contributed by atoms with Crippen molar-refractivity contribution in [3.05, 3.63) is 30.1 Å². The highest BCUT2D eigenvalue weighted by Gasteiger charge is 2.10. The summed E-state index contributed by atoms with van der Waals surface area (Å²) in [5, 5.41) is 0. The Labute approximate surface area is 82.1 Å². The minimum atomic E-state index is -0.445. The Kier molecular flexibility index (Phi) is 3.45. The summed E-state index contributed by atoms with van der Waals surface area (Å²) in [7, 11) is 1.57. The Bertz CT molecular complexity index is 310. The Morgan fingerprint density at radius 3 is 2.50 bits per heavy atom. The van der Waals surface area contributed by atoms with Gasteiger partial charge in [0.15, 0.2) is 0 Å². The molecule has 0 aliphatic carbocycles. The van der Waals surface area contributed by atoms with E-state index in [-0.39, 0.29) is 5.82 Å². The van der Waals surface area contributed by atoms with Crippen molar-refractivity contribution in [2.75, 3.05) is 18.6 Å². The molecule has 0 aliphatic heterocycles. The van der Waals surface area contributed by atoms with E-state index < -0.39 is 6.09 Å². The predicted molar refractivity (Wildman–Crippen MR) is 51.8 cm³/mol. The number of nitrogens with zero attached hydrogens (tertiary/aromatic N) is 1. The quantitative estimate of drug-likeness (QED) is 0.728. The van der Waals surface area contributed by atoms with E-state index in [0.717, 1.165) is 0 Å². The molecule has 1 amide bonds. The third-order valence-corrected chi connectivity index (χ3v) is 1.76. The average molecular weight is 197 g/mol. The average Bonchev–Trinajstić information content (AvgIpc) is 2.18. The van der Waals surface area contributed by atoms with Crippen LogP contribution in [0.1, 0.15) is 6.92 Å². The minimum absolute atomic E-state index is 0.324. The lowest BCUT2D eigenvalue weighted by Crippen LogP contribution is -2.26. The lowest BCUT2D eigenvalue weighted by atomic mass is 10.3. The molecule has 0 radical (unpaired) electrons. The number of anilines is 1. The van der Waals surface area contributed by atoms with Crippen LogP contribution in [0, 0.1) is 5.82 Å². The second-order valence-electron chi connectivity index (χ2n) is 2.73. The number of carbonyl (C=O) groups excluding carboxylic acids is 1. The Hall–Kier alpha value is -1.58. The highest BCUT2D eigenvalue weighted by Crippen LogP contribution is 2.13. The van der Waals surface area contributed by atoms with Crippen molar-refractivity contribution in [1.82, 2.24) is 0 Å². The normalized spacial score (nSPS) is 9.64. The van der Waals surface area contributed by atoms with E-state index in [1.54, 1.807) is 14.0 Å². The SMILES string of the molecule is CCOC(=O)N(C)c1ccc(F)cc1. The summed E-state index contributed by atoms with van der Waals surface area (Å²) in [6.07, 6.45) is -0.445. The smallest absolute Gasteiger partial charge is 0.413 e. The summed E-state index contributed by atoms with van der Waals surface area (Å²) in [5.74, 6) is -0.328. The molecule has 0 atom stereocenters. The molecule has 0 saturated carbocycles. The first-order valence-electron chi connectivity index (χ1n) is 4.31. The van der Waals surface area contributed by atoms with Crippen LogP contribution in [0.2, 0.25) is 0 Å². The van der Waals surface area contributed by atoms with Crippen molar-refractivity contribution < 1.29 is 13.9 Å². The number of benzene rings is 1. The molecule has 0 saturated heterocycles. The van der Waals surface area contributed by atoms with Crippen LogP contribution in [0.15, 0.2) is 24.3 Å². The molecule has 0 N–H and O–H groups in total. The molecule has 0 fully saturated rings. The van der Waals surface area contributed by atoms with Gasteiger partial charge in [0, 0.05) is 12.7 Å². The van der Waals surface area contributed by atoms with Gasteiger partial charge >= 0.3 is 6.09 Å². The maximum Gasteiger partial charge on any atom is 0.413 e. The van der Waals surface area contributed by atoms with Crippen LogP contribution in [-0.4, -0.2) is 19.7 Å². The highest BCUT2D eigenvalue weighted by atomic mass is 19.1. The summed E-state index contributed by atoms with van der Waals surface area (Å²) in [6.45, 7) is 2.06. The van der Waals surface area contributed by atoms with E-state index >= 15 is 0 Å². The van der Waals surface area contributed by atoms with Gasteiger partial charge in [0.1, 0.15) is 5.82 Å². The second-order valence-corrected chi connectivity index (χ2v) is 2.73. The van der Waals surface area contributed by atoms with Crippen LogP contribution in [0.3, 0.4) is 0 Å². The van der Waals surface area contributed by atoms with E-state index in [2.05, 4.69) is 0 Å². The van der Waals surface area contributed by atoms with Gasteiger partial charge < -0.3 is 4.74 Å².